The molecule has 0 radical (unpaired) electrons. The minimum Gasteiger partial charge on any atom is -0.490 e. The fourth-order valence-electron chi connectivity index (χ4n) is 3.44. The number of hydrogen-bond donors (Lipinski definition) is 0. The molecule has 0 aromatic heterocycles. The Hall–Kier alpha value is -3.25. The van der Waals surface area contributed by atoms with Crippen LogP contribution >= 0.6 is 38.5 Å². The van der Waals surface area contributed by atoms with Gasteiger partial charge in [0.15, 0.2) is 17.2 Å². The summed E-state index contributed by atoms with van der Waals surface area (Å²) in [6.07, 6.45) is 1.56. The highest BCUT2D eigenvalue weighted by atomic mass is 127. The van der Waals surface area contributed by atoms with E-state index in [1.165, 1.54) is 6.07 Å². The lowest BCUT2D eigenvalue weighted by atomic mass is 10.1. The molecular weight excluding hydrogens is 643 g/mol. The summed E-state index contributed by atoms with van der Waals surface area (Å²) in [4.78, 5) is 27.5. The highest BCUT2D eigenvalue weighted by Crippen LogP contribution is 2.38. The van der Waals surface area contributed by atoms with Crippen molar-refractivity contribution in [2.45, 2.75) is 20.5 Å². The smallest absolute Gasteiger partial charge is 0.363 e. The van der Waals surface area contributed by atoms with Crippen molar-refractivity contribution in [3.05, 3.63) is 101 Å². The molecule has 3 aromatic rings. The van der Waals surface area contributed by atoms with Crippen LogP contribution in [0.2, 0.25) is 0 Å². The SMILES string of the molecule is CCOc1cc(/C=C2\N=C(c3ccc(C)c([N+](=O)[O-])c3)OC2=O)cc(Br)c1OCc1ccc(I)cc1. The van der Waals surface area contributed by atoms with Crippen molar-refractivity contribution >= 4 is 62.2 Å². The molecule has 0 bridgehead atoms. The number of carbonyl (C=O) groups excluding carboxylic acids is 1. The van der Waals surface area contributed by atoms with Gasteiger partial charge in [0.1, 0.15) is 6.61 Å². The Morgan fingerprint density at radius 2 is 1.89 bits per heavy atom. The zero-order chi connectivity index (χ0) is 25.8. The van der Waals surface area contributed by atoms with Crippen molar-refractivity contribution in [1.82, 2.24) is 0 Å². The molecular formula is C26H20BrIN2O6. The third-order valence-corrected chi connectivity index (χ3v) is 6.51. The average molecular weight is 663 g/mol. The first-order valence-corrected chi connectivity index (χ1v) is 12.7. The van der Waals surface area contributed by atoms with Gasteiger partial charge in [0.05, 0.1) is 16.0 Å². The van der Waals surface area contributed by atoms with E-state index in [2.05, 4.69) is 43.5 Å². The molecule has 0 fully saturated rings. The van der Waals surface area contributed by atoms with Gasteiger partial charge in [-0.25, -0.2) is 9.79 Å². The van der Waals surface area contributed by atoms with Gasteiger partial charge in [-0.15, -0.1) is 0 Å². The van der Waals surface area contributed by atoms with Crippen molar-refractivity contribution in [1.29, 1.82) is 0 Å². The standard InChI is InChI=1S/C26H20BrIN2O6/c1-3-34-23-12-17(10-20(27)24(23)35-14-16-5-8-19(28)9-6-16)11-21-26(31)36-25(29-21)18-7-4-15(2)22(13-18)30(32)33/h4-13H,3,14H2,1-2H3/b21-11-. The summed E-state index contributed by atoms with van der Waals surface area (Å²) in [6, 6.07) is 16.1. The molecule has 3 aromatic carbocycles. The lowest BCUT2D eigenvalue weighted by Crippen LogP contribution is -2.06. The molecule has 1 aliphatic rings. The summed E-state index contributed by atoms with van der Waals surface area (Å²) < 4.78 is 18.9. The number of halogens is 2. The van der Waals surface area contributed by atoms with Crippen molar-refractivity contribution in [2.24, 2.45) is 4.99 Å². The molecule has 0 unspecified atom stereocenters. The molecule has 36 heavy (non-hydrogen) atoms. The Morgan fingerprint density at radius 3 is 2.58 bits per heavy atom. The minimum absolute atomic E-state index is 0.0101. The van der Waals surface area contributed by atoms with Crippen LogP contribution in [0.1, 0.15) is 29.2 Å². The molecule has 0 spiro atoms. The quantitative estimate of drug-likeness (QED) is 0.0887. The average Bonchev–Trinajstić information content (AvgIpc) is 3.20. The van der Waals surface area contributed by atoms with E-state index in [0.29, 0.717) is 45.9 Å². The first kappa shape index (κ1) is 25.8. The van der Waals surface area contributed by atoms with Crippen LogP contribution in [0.15, 0.2) is 69.8 Å². The largest absolute Gasteiger partial charge is 0.490 e. The van der Waals surface area contributed by atoms with Crippen molar-refractivity contribution < 1.29 is 23.9 Å². The number of aryl methyl sites for hydroxylation is 1. The van der Waals surface area contributed by atoms with E-state index in [0.717, 1.165) is 9.13 Å². The molecule has 0 N–H and O–H groups in total. The van der Waals surface area contributed by atoms with E-state index in [9.17, 15) is 14.9 Å². The maximum atomic E-state index is 12.5. The molecule has 0 saturated carbocycles. The van der Waals surface area contributed by atoms with E-state index in [4.69, 9.17) is 14.2 Å². The Morgan fingerprint density at radius 1 is 1.14 bits per heavy atom. The number of cyclic esters (lactones) is 1. The summed E-state index contributed by atoms with van der Waals surface area (Å²) in [5.74, 6) is 0.411. The molecule has 1 heterocycles. The van der Waals surface area contributed by atoms with Crippen LogP contribution in [-0.2, 0) is 16.1 Å². The van der Waals surface area contributed by atoms with Gasteiger partial charge >= 0.3 is 5.97 Å². The number of carbonyl (C=O) groups is 1. The van der Waals surface area contributed by atoms with E-state index in [-0.39, 0.29) is 17.3 Å². The van der Waals surface area contributed by atoms with Crippen LogP contribution in [0.5, 0.6) is 11.5 Å². The van der Waals surface area contributed by atoms with Crippen LogP contribution in [0.3, 0.4) is 0 Å². The van der Waals surface area contributed by atoms with Gasteiger partial charge in [0.2, 0.25) is 5.90 Å². The predicted molar refractivity (Wildman–Crippen MR) is 147 cm³/mol. The number of hydrogen-bond acceptors (Lipinski definition) is 7. The van der Waals surface area contributed by atoms with Crippen molar-refractivity contribution in [3.8, 4) is 11.5 Å². The fraction of sp³-hybridized carbons (Fsp3) is 0.154. The Bertz CT molecular complexity index is 1400. The van der Waals surface area contributed by atoms with E-state index < -0.39 is 10.9 Å². The summed E-state index contributed by atoms with van der Waals surface area (Å²) in [5.41, 5.74) is 2.49. The summed E-state index contributed by atoms with van der Waals surface area (Å²) >= 11 is 5.79. The number of nitrogens with zero attached hydrogens (tertiary/aromatic N) is 2. The molecule has 10 heteroatoms. The van der Waals surface area contributed by atoms with E-state index in [1.807, 2.05) is 31.2 Å². The van der Waals surface area contributed by atoms with Gasteiger partial charge in [0.25, 0.3) is 5.69 Å². The second-order valence-corrected chi connectivity index (χ2v) is 9.87. The molecule has 1 aliphatic heterocycles. The van der Waals surface area contributed by atoms with Crippen molar-refractivity contribution in [3.63, 3.8) is 0 Å². The maximum Gasteiger partial charge on any atom is 0.363 e. The molecule has 8 nitrogen and oxygen atoms in total. The summed E-state index contributed by atoms with van der Waals surface area (Å²) in [5, 5.41) is 11.3. The highest BCUT2D eigenvalue weighted by Gasteiger charge is 2.26. The van der Waals surface area contributed by atoms with Crippen LogP contribution in [-0.4, -0.2) is 23.4 Å². The van der Waals surface area contributed by atoms with Gasteiger partial charge in [-0.3, -0.25) is 10.1 Å². The fourth-order valence-corrected chi connectivity index (χ4v) is 4.37. The normalized spacial score (nSPS) is 13.9. The predicted octanol–water partition coefficient (Wildman–Crippen LogP) is 6.59. The number of aliphatic imine (C=N–C) groups is 1. The monoisotopic (exact) mass is 662 g/mol. The third-order valence-electron chi connectivity index (χ3n) is 5.20. The molecule has 0 amide bonds. The third kappa shape index (κ3) is 5.93. The number of ether oxygens (including phenoxy) is 3. The van der Waals surface area contributed by atoms with Gasteiger partial charge in [0, 0.05) is 20.8 Å². The lowest BCUT2D eigenvalue weighted by molar-refractivity contribution is -0.385. The maximum absolute atomic E-state index is 12.5. The lowest BCUT2D eigenvalue weighted by Gasteiger charge is -2.15. The van der Waals surface area contributed by atoms with Gasteiger partial charge in [-0.05, 0) is 99.9 Å². The molecule has 0 atom stereocenters. The topological polar surface area (TPSA) is 100 Å². The number of benzene rings is 3. The van der Waals surface area contributed by atoms with Crippen LogP contribution in [0.4, 0.5) is 5.69 Å². The highest BCUT2D eigenvalue weighted by molar-refractivity contribution is 14.1. The zero-order valence-corrected chi connectivity index (χ0v) is 23.0. The number of nitro groups is 1. The summed E-state index contributed by atoms with van der Waals surface area (Å²) in [7, 11) is 0. The van der Waals surface area contributed by atoms with Gasteiger partial charge < -0.3 is 14.2 Å². The second-order valence-electron chi connectivity index (χ2n) is 7.77. The van der Waals surface area contributed by atoms with Crippen LogP contribution in [0.25, 0.3) is 6.08 Å². The van der Waals surface area contributed by atoms with Crippen molar-refractivity contribution in [2.75, 3.05) is 6.61 Å². The molecule has 0 aliphatic carbocycles. The number of nitro benzene ring substituents is 1. The molecule has 0 saturated heterocycles. The van der Waals surface area contributed by atoms with Gasteiger partial charge in [-0.1, -0.05) is 18.2 Å². The first-order chi connectivity index (χ1) is 17.2. The Kier molecular flexibility index (Phi) is 8.04. The number of rotatable bonds is 8. The van der Waals surface area contributed by atoms with E-state index >= 15 is 0 Å². The van der Waals surface area contributed by atoms with E-state index in [1.54, 1.807) is 37.3 Å². The minimum atomic E-state index is -0.652. The molecule has 184 valence electrons. The van der Waals surface area contributed by atoms with Crippen LogP contribution in [0, 0.1) is 20.6 Å². The Labute approximate surface area is 229 Å². The van der Waals surface area contributed by atoms with Gasteiger partial charge in [-0.2, -0.15) is 0 Å². The second kappa shape index (κ2) is 11.2. The Balaban J connectivity index is 1.62. The number of esters is 1. The van der Waals surface area contributed by atoms with Crippen LogP contribution < -0.4 is 9.47 Å². The first-order valence-electron chi connectivity index (χ1n) is 10.9. The molecule has 4 rings (SSSR count). The summed E-state index contributed by atoms with van der Waals surface area (Å²) in [6.45, 7) is 4.28. The zero-order valence-electron chi connectivity index (χ0n) is 19.3.